The number of amides is 1. The summed E-state index contributed by atoms with van der Waals surface area (Å²) in [6.07, 6.45) is 0.432. The molecule has 0 bridgehead atoms. The molecule has 0 aromatic heterocycles. The molecule has 0 aliphatic heterocycles. The highest BCUT2D eigenvalue weighted by Gasteiger charge is 2.16. The highest BCUT2D eigenvalue weighted by Crippen LogP contribution is 2.09. The molecule has 17 heavy (non-hydrogen) atoms. The van der Waals surface area contributed by atoms with Gasteiger partial charge in [0.25, 0.3) is 5.91 Å². The summed E-state index contributed by atoms with van der Waals surface area (Å²) in [6.45, 7) is 1.72. The third kappa shape index (κ3) is 3.57. The normalized spacial score (nSPS) is 11.9. The molecule has 1 atom stereocenters. The Morgan fingerprint density at radius 2 is 1.88 bits per heavy atom. The van der Waals surface area contributed by atoms with Gasteiger partial charge in [-0.1, -0.05) is 12.1 Å². The van der Waals surface area contributed by atoms with Gasteiger partial charge in [0.15, 0.2) is 0 Å². The van der Waals surface area contributed by atoms with Gasteiger partial charge in [0.1, 0.15) is 0 Å². The number of aliphatic hydroxyl groups is 1. The minimum Gasteiger partial charge on any atom is -0.478 e. The fraction of sp³-hybridized carbons (Fsp3) is 0.333. The van der Waals surface area contributed by atoms with E-state index in [1.807, 2.05) is 0 Å². The van der Waals surface area contributed by atoms with Crippen molar-refractivity contribution in [3.63, 3.8) is 0 Å². The van der Waals surface area contributed by atoms with Gasteiger partial charge in [-0.2, -0.15) is 0 Å². The molecule has 1 rings (SSSR count). The lowest BCUT2D eigenvalue weighted by Crippen LogP contribution is -2.34. The maximum Gasteiger partial charge on any atom is 0.336 e. The summed E-state index contributed by atoms with van der Waals surface area (Å²) in [5.41, 5.74) is 0.103. The summed E-state index contributed by atoms with van der Waals surface area (Å²) in [4.78, 5) is 22.7. The first-order chi connectivity index (χ1) is 8.06. The van der Waals surface area contributed by atoms with Crippen molar-refractivity contribution in [3.05, 3.63) is 35.4 Å². The van der Waals surface area contributed by atoms with Crippen molar-refractivity contribution in [2.24, 2.45) is 0 Å². The van der Waals surface area contributed by atoms with Crippen LogP contribution >= 0.6 is 0 Å². The van der Waals surface area contributed by atoms with Gasteiger partial charge >= 0.3 is 5.97 Å². The molecule has 5 heteroatoms. The van der Waals surface area contributed by atoms with Crippen molar-refractivity contribution in [1.29, 1.82) is 0 Å². The molecule has 1 aromatic carbocycles. The standard InChI is InChI=1S/C12H15NO4/c1-8(6-7-14)13-11(15)9-4-2-3-5-10(9)12(16)17/h2-5,8,14H,6-7H2,1H3,(H,13,15)(H,16,17). The third-order valence-electron chi connectivity index (χ3n) is 2.34. The zero-order valence-electron chi connectivity index (χ0n) is 9.51. The van der Waals surface area contributed by atoms with Crippen LogP contribution in [0.5, 0.6) is 0 Å². The number of benzene rings is 1. The van der Waals surface area contributed by atoms with Gasteiger partial charge in [0.05, 0.1) is 11.1 Å². The first kappa shape index (κ1) is 13.2. The van der Waals surface area contributed by atoms with Gasteiger partial charge in [-0.05, 0) is 25.5 Å². The van der Waals surface area contributed by atoms with E-state index in [0.717, 1.165) is 0 Å². The van der Waals surface area contributed by atoms with Crippen molar-refractivity contribution in [2.75, 3.05) is 6.61 Å². The fourth-order valence-corrected chi connectivity index (χ4v) is 1.43. The van der Waals surface area contributed by atoms with E-state index in [1.54, 1.807) is 19.1 Å². The Labute approximate surface area is 99.1 Å². The van der Waals surface area contributed by atoms with Gasteiger partial charge in [0, 0.05) is 12.6 Å². The molecular weight excluding hydrogens is 222 g/mol. The Balaban J connectivity index is 2.85. The smallest absolute Gasteiger partial charge is 0.336 e. The molecule has 0 fully saturated rings. The number of nitrogens with one attached hydrogen (secondary N) is 1. The molecular formula is C12H15NO4. The zero-order valence-corrected chi connectivity index (χ0v) is 9.51. The number of hydrogen-bond acceptors (Lipinski definition) is 3. The minimum atomic E-state index is -1.13. The van der Waals surface area contributed by atoms with Gasteiger partial charge in [-0.25, -0.2) is 4.79 Å². The van der Waals surface area contributed by atoms with Crippen LogP contribution in [0.25, 0.3) is 0 Å². The zero-order chi connectivity index (χ0) is 12.8. The third-order valence-corrected chi connectivity index (χ3v) is 2.34. The van der Waals surface area contributed by atoms with Crippen LogP contribution in [-0.2, 0) is 0 Å². The van der Waals surface area contributed by atoms with Crippen LogP contribution in [0.1, 0.15) is 34.1 Å². The summed E-state index contributed by atoms with van der Waals surface area (Å²) >= 11 is 0. The van der Waals surface area contributed by atoms with Crippen LogP contribution in [0.2, 0.25) is 0 Å². The van der Waals surface area contributed by atoms with Crippen LogP contribution in [0.3, 0.4) is 0 Å². The van der Waals surface area contributed by atoms with E-state index in [4.69, 9.17) is 10.2 Å². The molecule has 5 nitrogen and oxygen atoms in total. The van der Waals surface area contributed by atoms with Crippen molar-refractivity contribution >= 4 is 11.9 Å². The van der Waals surface area contributed by atoms with Gasteiger partial charge in [-0.3, -0.25) is 4.79 Å². The number of rotatable bonds is 5. The van der Waals surface area contributed by atoms with Gasteiger partial charge in [-0.15, -0.1) is 0 Å². The first-order valence-electron chi connectivity index (χ1n) is 5.30. The average Bonchev–Trinajstić information content (AvgIpc) is 2.29. The van der Waals surface area contributed by atoms with Gasteiger partial charge < -0.3 is 15.5 Å². The average molecular weight is 237 g/mol. The monoisotopic (exact) mass is 237 g/mol. The summed E-state index contributed by atoms with van der Waals surface area (Å²) in [7, 11) is 0. The lowest BCUT2D eigenvalue weighted by molar-refractivity contribution is 0.0690. The Morgan fingerprint density at radius 3 is 2.41 bits per heavy atom. The first-order valence-corrected chi connectivity index (χ1v) is 5.30. The number of carbonyl (C=O) groups is 2. The SMILES string of the molecule is CC(CCO)NC(=O)c1ccccc1C(=O)O. The molecule has 0 radical (unpaired) electrons. The van der Waals surface area contributed by atoms with Crippen LogP contribution in [-0.4, -0.2) is 34.7 Å². The quantitative estimate of drug-likeness (QED) is 0.709. The lowest BCUT2D eigenvalue weighted by atomic mass is 10.1. The molecule has 0 aliphatic rings. The van der Waals surface area contributed by atoms with Crippen LogP contribution < -0.4 is 5.32 Å². The van der Waals surface area contributed by atoms with Crippen molar-refractivity contribution in [3.8, 4) is 0 Å². The second-order valence-corrected chi connectivity index (χ2v) is 3.74. The highest BCUT2D eigenvalue weighted by molar-refractivity contribution is 6.04. The molecule has 1 unspecified atom stereocenters. The largest absolute Gasteiger partial charge is 0.478 e. The maximum absolute atomic E-state index is 11.8. The summed E-state index contributed by atoms with van der Waals surface area (Å²) in [5.74, 6) is -1.57. The molecule has 92 valence electrons. The van der Waals surface area contributed by atoms with E-state index in [9.17, 15) is 9.59 Å². The molecule has 0 aliphatic carbocycles. The number of aromatic carboxylic acids is 1. The molecule has 0 heterocycles. The number of carboxylic acid groups (broad SMARTS) is 1. The number of carboxylic acids is 1. The molecule has 0 saturated carbocycles. The fourth-order valence-electron chi connectivity index (χ4n) is 1.43. The Hall–Kier alpha value is -1.88. The van der Waals surface area contributed by atoms with E-state index < -0.39 is 11.9 Å². The molecule has 1 aromatic rings. The van der Waals surface area contributed by atoms with Crippen LogP contribution in [0, 0.1) is 0 Å². The van der Waals surface area contributed by atoms with Crippen molar-refractivity contribution in [2.45, 2.75) is 19.4 Å². The number of carbonyl (C=O) groups excluding carboxylic acids is 1. The Bertz CT molecular complexity index is 417. The number of hydrogen-bond donors (Lipinski definition) is 3. The number of aliphatic hydroxyl groups excluding tert-OH is 1. The minimum absolute atomic E-state index is 0.0258. The van der Waals surface area contributed by atoms with Crippen molar-refractivity contribution in [1.82, 2.24) is 5.32 Å². The van der Waals surface area contributed by atoms with E-state index in [-0.39, 0.29) is 23.8 Å². The summed E-state index contributed by atoms with van der Waals surface area (Å²) < 4.78 is 0. The predicted octanol–water partition coefficient (Wildman–Crippen LogP) is 0.886. The Morgan fingerprint density at radius 1 is 1.29 bits per heavy atom. The molecule has 0 saturated heterocycles. The lowest BCUT2D eigenvalue weighted by Gasteiger charge is -2.13. The second-order valence-electron chi connectivity index (χ2n) is 3.74. The van der Waals surface area contributed by atoms with E-state index >= 15 is 0 Å². The highest BCUT2D eigenvalue weighted by atomic mass is 16.4. The van der Waals surface area contributed by atoms with Crippen LogP contribution in [0.4, 0.5) is 0 Å². The maximum atomic E-state index is 11.8. The van der Waals surface area contributed by atoms with Crippen LogP contribution in [0.15, 0.2) is 24.3 Å². The van der Waals surface area contributed by atoms with E-state index in [0.29, 0.717) is 6.42 Å². The topological polar surface area (TPSA) is 86.6 Å². The van der Waals surface area contributed by atoms with Gasteiger partial charge in [0.2, 0.25) is 0 Å². The van der Waals surface area contributed by atoms with Crippen molar-refractivity contribution < 1.29 is 19.8 Å². The summed E-state index contributed by atoms with van der Waals surface area (Å²) in [5, 5.41) is 20.3. The predicted molar refractivity (Wildman–Crippen MR) is 62.0 cm³/mol. The molecule has 1 amide bonds. The van der Waals surface area contributed by atoms with E-state index in [1.165, 1.54) is 12.1 Å². The molecule has 0 spiro atoms. The van der Waals surface area contributed by atoms with E-state index in [2.05, 4.69) is 5.32 Å². The second kappa shape index (κ2) is 6.00. The summed E-state index contributed by atoms with van der Waals surface area (Å²) in [6, 6.07) is 5.82. The Kier molecular flexibility index (Phi) is 4.66. The molecule has 3 N–H and O–H groups in total.